The molecule has 0 radical (unpaired) electrons. The van der Waals surface area contributed by atoms with Crippen molar-refractivity contribution in [3.05, 3.63) is 70.0 Å². The number of nitrogens with one attached hydrogen (secondary N) is 1. The molecule has 184 valence electrons. The molecule has 3 aromatic heterocycles. The Morgan fingerprint density at radius 1 is 1.19 bits per heavy atom. The van der Waals surface area contributed by atoms with Gasteiger partial charge in [0, 0.05) is 29.7 Å². The van der Waals surface area contributed by atoms with Gasteiger partial charge in [-0.3, -0.25) is 14.6 Å². The number of nitrogens with zero attached hydrogens (tertiary/aromatic N) is 4. The van der Waals surface area contributed by atoms with Gasteiger partial charge in [0.1, 0.15) is 16.9 Å². The molecule has 0 atom stereocenters. The monoisotopic (exact) mass is 481 g/mol. The van der Waals surface area contributed by atoms with E-state index in [1.807, 2.05) is 31.3 Å². The summed E-state index contributed by atoms with van der Waals surface area (Å²) in [6, 6.07) is 9.53. The van der Waals surface area contributed by atoms with Crippen LogP contribution in [0, 0.1) is 24.7 Å². The van der Waals surface area contributed by atoms with E-state index in [4.69, 9.17) is 0 Å². The predicted octanol–water partition coefficient (Wildman–Crippen LogP) is 4.61. The molecule has 3 heterocycles. The predicted molar refractivity (Wildman–Crippen MR) is 142 cm³/mol. The van der Waals surface area contributed by atoms with Gasteiger partial charge in [0.2, 0.25) is 0 Å². The summed E-state index contributed by atoms with van der Waals surface area (Å²) in [5.74, 6) is 7.23. The first-order valence-electron chi connectivity index (χ1n) is 12.7. The number of benzene rings is 1. The first-order valence-corrected chi connectivity index (χ1v) is 12.7. The smallest absolute Gasteiger partial charge is 0.263 e. The number of fused-ring (bicyclic) bond motifs is 3. The van der Waals surface area contributed by atoms with Crippen molar-refractivity contribution in [1.82, 2.24) is 24.4 Å². The van der Waals surface area contributed by atoms with Crippen molar-refractivity contribution in [2.75, 3.05) is 6.54 Å². The molecule has 1 amide bonds. The summed E-state index contributed by atoms with van der Waals surface area (Å²) in [7, 11) is 0. The summed E-state index contributed by atoms with van der Waals surface area (Å²) in [5.41, 5.74) is 3.57. The van der Waals surface area contributed by atoms with E-state index in [2.05, 4.69) is 45.5 Å². The molecule has 4 aromatic rings. The van der Waals surface area contributed by atoms with Gasteiger partial charge in [-0.2, -0.15) is 0 Å². The molecule has 1 aliphatic carbocycles. The molecule has 1 aliphatic rings. The van der Waals surface area contributed by atoms with E-state index in [0.717, 1.165) is 46.2 Å². The van der Waals surface area contributed by atoms with Crippen molar-refractivity contribution < 1.29 is 4.79 Å². The third-order valence-electron chi connectivity index (χ3n) is 6.97. The largest absolute Gasteiger partial charge is 0.341 e. The molecule has 5 rings (SSSR count). The first kappa shape index (κ1) is 23.8. The zero-order valence-electron chi connectivity index (χ0n) is 21.0. The van der Waals surface area contributed by atoms with E-state index in [1.165, 1.54) is 12.8 Å². The standard InChI is InChI=1S/C29H31N5O2/c1-19(2)34-20(3)32-26-17-31-25-13-12-21(16-24(25)27(26)34)10-6-14-30-28(35)23-11-7-15-33(29(23)36)18-22-8-4-5-9-22/h7,11-13,15-17,19,22H,4-5,8-9,14,18H2,1-3H3,(H,30,35). The number of amides is 1. The van der Waals surface area contributed by atoms with E-state index in [9.17, 15) is 9.59 Å². The van der Waals surface area contributed by atoms with Crippen molar-refractivity contribution >= 4 is 27.8 Å². The molecule has 0 aliphatic heterocycles. The summed E-state index contributed by atoms with van der Waals surface area (Å²) >= 11 is 0. The molecule has 0 saturated heterocycles. The van der Waals surface area contributed by atoms with Crippen molar-refractivity contribution in [3.8, 4) is 11.8 Å². The third kappa shape index (κ3) is 4.64. The molecule has 0 bridgehead atoms. The number of aromatic nitrogens is 4. The van der Waals surface area contributed by atoms with Crippen LogP contribution in [0.1, 0.15) is 67.3 Å². The minimum atomic E-state index is -0.393. The van der Waals surface area contributed by atoms with Crippen LogP contribution in [0.3, 0.4) is 0 Å². The van der Waals surface area contributed by atoms with Crippen LogP contribution in [0.4, 0.5) is 0 Å². The fourth-order valence-electron chi connectivity index (χ4n) is 5.29. The SMILES string of the molecule is Cc1nc2cnc3ccc(C#CCNC(=O)c4cccn(CC5CCCC5)c4=O)cc3c2n1C(C)C. The van der Waals surface area contributed by atoms with Crippen molar-refractivity contribution in [1.29, 1.82) is 0 Å². The molecule has 0 unspecified atom stereocenters. The minimum Gasteiger partial charge on any atom is -0.341 e. The molecule has 7 heteroatoms. The first-order chi connectivity index (χ1) is 17.4. The Kier molecular flexibility index (Phi) is 6.60. The Morgan fingerprint density at radius 2 is 2.00 bits per heavy atom. The number of pyridine rings is 2. The number of hydrogen-bond acceptors (Lipinski definition) is 4. The summed E-state index contributed by atoms with van der Waals surface area (Å²) in [5, 5.41) is 3.78. The van der Waals surface area contributed by atoms with Crippen molar-refractivity contribution in [2.24, 2.45) is 5.92 Å². The van der Waals surface area contributed by atoms with Gasteiger partial charge in [0.05, 0.1) is 23.8 Å². The molecular weight excluding hydrogens is 450 g/mol. The summed E-state index contributed by atoms with van der Waals surface area (Å²) < 4.78 is 3.89. The Hall–Kier alpha value is -3.92. The van der Waals surface area contributed by atoms with E-state index < -0.39 is 5.91 Å². The van der Waals surface area contributed by atoms with E-state index in [0.29, 0.717) is 12.5 Å². The molecule has 7 nitrogen and oxygen atoms in total. The second kappa shape index (κ2) is 9.98. The van der Waals surface area contributed by atoms with Crippen LogP contribution in [-0.2, 0) is 6.54 Å². The quantitative estimate of drug-likeness (QED) is 0.422. The van der Waals surface area contributed by atoms with Gasteiger partial charge in [-0.15, -0.1) is 0 Å². The molecule has 1 N–H and O–H groups in total. The van der Waals surface area contributed by atoms with Gasteiger partial charge in [-0.1, -0.05) is 24.7 Å². The van der Waals surface area contributed by atoms with Gasteiger partial charge in [-0.25, -0.2) is 4.98 Å². The highest BCUT2D eigenvalue weighted by molar-refractivity contribution is 6.03. The van der Waals surface area contributed by atoms with Crippen molar-refractivity contribution in [2.45, 2.75) is 59.0 Å². The molecule has 0 spiro atoms. The van der Waals surface area contributed by atoms with Crippen molar-refractivity contribution in [3.63, 3.8) is 0 Å². The zero-order valence-corrected chi connectivity index (χ0v) is 21.0. The normalized spacial score (nSPS) is 13.9. The summed E-state index contributed by atoms with van der Waals surface area (Å²) in [4.78, 5) is 34.7. The van der Waals surface area contributed by atoms with Gasteiger partial charge < -0.3 is 14.5 Å². The van der Waals surface area contributed by atoms with Gasteiger partial charge >= 0.3 is 0 Å². The molecule has 1 fully saturated rings. The Balaban J connectivity index is 1.32. The van der Waals surface area contributed by atoms with E-state index >= 15 is 0 Å². The molecule has 36 heavy (non-hydrogen) atoms. The van der Waals surface area contributed by atoms with Gasteiger partial charge in [0.15, 0.2) is 0 Å². The second-order valence-electron chi connectivity index (χ2n) is 9.86. The van der Waals surface area contributed by atoms with Crippen LogP contribution in [0.25, 0.3) is 21.9 Å². The lowest BCUT2D eigenvalue weighted by Crippen LogP contribution is -2.33. The zero-order chi connectivity index (χ0) is 25.2. The Morgan fingerprint density at radius 3 is 2.78 bits per heavy atom. The molecular formula is C29H31N5O2. The lowest BCUT2D eigenvalue weighted by atomic mass is 10.1. The maximum atomic E-state index is 12.8. The highest BCUT2D eigenvalue weighted by Gasteiger charge is 2.18. The molecule has 1 aromatic carbocycles. The lowest BCUT2D eigenvalue weighted by molar-refractivity contribution is 0.0956. The summed E-state index contributed by atoms with van der Waals surface area (Å²) in [6.07, 6.45) is 8.32. The maximum absolute atomic E-state index is 12.8. The number of imidazole rings is 1. The molecule has 1 saturated carbocycles. The third-order valence-corrected chi connectivity index (χ3v) is 6.97. The fourth-order valence-corrected chi connectivity index (χ4v) is 5.29. The van der Waals surface area contributed by atoms with Crippen LogP contribution in [0.5, 0.6) is 0 Å². The topological polar surface area (TPSA) is 81.8 Å². The van der Waals surface area contributed by atoms with E-state index in [-0.39, 0.29) is 23.7 Å². The highest BCUT2D eigenvalue weighted by Crippen LogP contribution is 2.28. The minimum absolute atomic E-state index is 0.152. The number of carbonyl (C=O) groups is 1. The van der Waals surface area contributed by atoms with Crippen LogP contribution in [0.15, 0.2) is 47.5 Å². The van der Waals surface area contributed by atoms with Crippen LogP contribution in [0.2, 0.25) is 0 Å². The second-order valence-corrected chi connectivity index (χ2v) is 9.86. The average Bonchev–Trinajstić information content (AvgIpc) is 3.49. The number of hydrogen-bond donors (Lipinski definition) is 1. The fraction of sp³-hybridized carbons (Fsp3) is 0.379. The van der Waals surface area contributed by atoms with E-state index in [1.54, 1.807) is 22.9 Å². The Bertz CT molecular complexity index is 1560. The van der Waals surface area contributed by atoms with Crippen LogP contribution in [-0.4, -0.2) is 31.6 Å². The Labute approximate surface area is 210 Å². The number of carbonyl (C=O) groups excluding carboxylic acids is 1. The number of aryl methyl sites for hydroxylation is 1. The number of rotatable bonds is 5. The van der Waals surface area contributed by atoms with Gasteiger partial charge in [0.25, 0.3) is 11.5 Å². The lowest BCUT2D eigenvalue weighted by Gasteiger charge is -2.12. The van der Waals surface area contributed by atoms with Gasteiger partial charge in [-0.05, 0) is 69.9 Å². The summed E-state index contributed by atoms with van der Waals surface area (Å²) in [6.45, 7) is 7.12. The van der Waals surface area contributed by atoms with Crippen LogP contribution >= 0.6 is 0 Å². The van der Waals surface area contributed by atoms with Crippen LogP contribution < -0.4 is 10.9 Å². The maximum Gasteiger partial charge on any atom is 0.263 e. The average molecular weight is 482 g/mol. The highest BCUT2D eigenvalue weighted by atomic mass is 16.2.